The van der Waals surface area contributed by atoms with E-state index in [2.05, 4.69) is 47.0 Å². The van der Waals surface area contributed by atoms with Crippen molar-refractivity contribution in [1.82, 2.24) is 10.6 Å². The van der Waals surface area contributed by atoms with E-state index in [0.717, 1.165) is 31.5 Å². The van der Waals surface area contributed by atoms with Crippen LogP contribution in [0.1, 0.15) is 18.4 Å². The molecule has 0 radical (unpaired) electrons. The number of rotatable bonds is 4. The fourth-order valence-corrected chi connectivity index (χ4v) is 2.86. The summed E-state index contributed by atoms with van der Waals surface area (Å²) in [5.74, 6) is 0.360. The number of piperidine rings is 1. The van der Waals surface area contributed by atoms with E-state index >= 15 is 0 Å². The van der Waals surface area contributed by atoms with Crippen LogP contribution in [0.4, 0.5) is 0 Å². The molecule has 22 heavy (non-hydrogen) atoms. The van der Waals surface area contributed by atoms with Gasteiger partial charge in [-0.25, -0.2) is 0 Å². The first-order valence-electron chi connectivity index (χ1n) is 7.96. The Labute approximate surface area is 131 Å². The van der Waals surface area contributed by atoms with E-state index < -0.39 is 0 Å². The molecule has 3 heteroatoms. The molecule has 0 saturated carbocycles. The summed E-state index contributed by atoms with van der Waals surface area (Å²) in [6.45, 7) is 2.51. The van der Waals surface area contributed by atoms with Gasteiger partial charge in [-0.1, -0.05) is 54.6 Å². The molecule has 0 bridgehead atoms. The van der Waals surface area contributed by atoms with Crippen molar-refractivity contribution in [3.8, 4) is 11.1 Å². The van der Waals surface area contributed by atoms with Gasteiger partial charge in [-0.3, -0.25) is 4.79 Å². The Morgan fingerprint density at radius 2 is 1.59 bits per heavy atom. The fourth-order valence-electron chi connectivity index (χ4n) is 2.86. The first-order chi connectivity index (χ1) is 10.8. The summed E-state index contributed by atoms with van der Waals surface area (Å²) in [7, 11) is 0. The number of benzene rings is 2. The summed E-state index contributed by atoms with van der Waals surface area (Å²) in [6.07, 6.45) is 1.89. The lowest BCUT2D eigenvalue weighted by Gasteiger charge is -2.21. The smallest absolute Gasteiger partial charge is 0.223 e. The van der Waals surface area contributed by atoms with Crippen molar-refractivity contribution in [3.05, 3.63) is 60.2 Å². The zero-order valence-electron chi connectivity index (χ0n) is 12.7. The SMILES string of the molecule is O=C(NCc1ccc(-c2ccccc2)cc1)C1CCNCC1. The van der Waals surface area contributed by atoms with E-state index in [1.807, 2.05) is 18.2 Å². The highest BCUT2D eigenvalue weighted by Gasteiger charge is 2.20. The van der Waals surface area contributed by atoms with Crippen LogP contribution in [-0.2, 0) is 11.3 Å². The second-order valence-electron chi connectivity index (χ2n) is 5.81. The number of hydrogen-bond donors (Lipinski definition) is 2. The van der Waals surface area contributed by atoms with E-state index in [9.17, 15) is 4.79 Å². The normalized spacial score (nSPS) is 15.5. The quantitative estimate of drug-likeness (QED) is 0.910. The fraction of sp³-hybridized carbons (Fsp3) is 0.316. The van der Waals surface area contributed by atoms with Crippen LogP contribution >= 0.6 is 0 Å². The molecule has 1 fully saturated rings. The van der Waals surface area contributed by atoms with Crippen molar-refractivity contribution in [2.75, 3.05) is 13.1 Å². The van der Waals surface area contributed by atoms with Gasteiger partial charge < -0.3 is 10.6 Å². The third-order valence-electron chi connectivity index (χ3n) is 4.24. The minimum Gasteiger partial charge on any atom is -0.352 e. The lowest BCUT2D eigenvalue weighted by Crippen LogP contribution is -2.37. The number of amides is 1. The summed E-state index contributed by atoms with van der Waals surface area (Å²) >= 11 is 0. The van der Waals surface area contributed by atoms with Gasteiger partial charge in [-0.2, -0.15) is 0 Å². The van der Waals surface area contributed by atoms with Crippen LogP contribution in [-0.4, -0.2) is 19.0 Å². The summed E-state index contributed by atoms with van der Waals surface area (Å²) in [5.41, 5.74) is 3.56. The Morgan fingerprint density at radius 3 is 2.27 bits per heavy atom. The standard InChI is InChI=1S/C19H22N2O/c22-19(18-10-12-20-13-11-18)21-14-15-6-8-17(9-7-15)16-4-2-1-3-5-16/h1-9,18,20H,10-14H2,(H,21,22). The van der Waals surface area contributed by atoms with E-state index in [1.54, 1.807) is 0 Å². The first-order valence-corrected chi connectivity index (χ1v) is 7.96. The lowest BCUT2D eigenvalue weighted by molar-refractivity contribution is -0.125. The summed E-state index contributed by atoms with van der Waals surface area (Å²) in [4.78, 5) is 12.1. The van der Waals surface area contributed by atoms with E-state index in [4.69, 9.17) is 0 Å². The van der Waals surface area contributed by atoms with Gasteiger partial charge in [0.25, 0.3) is 0 Å². The van der Waals surface area contributed by atoms with Gasteiger partial charge in [0.05, 0.1) is 0 Å². The van der Waals surface area contributed by atoms with Crippen LogP contribution in [0, 0.1) is 5.92 Å². The van der Waals surface area contributed by atoms with E-state index in [0.29, 0.717) is 6.54 Å². The minimum absolute atomic E-state index is 0.171. The zero-order valence-corrected chi connectivity index (χ0v) is 12.7. The molecule has 114 valence electrons. The molecular weight excluding hydrogens is 272 g/mol. The van der Waals surface area contributed by atoms with E-state index in [1.165, 1.54) is 11.1 Å². The van der Waals surface area contributed by atoms with Crippen molar-refractivity contribution in [2.24, 2.45) is 5.92 Å². The Bertz CT molecular complexity index is 601. The van der Waals surface area contributed by atoms with Gasteiger partial charge in [0, 0.05) is 12.5 Å². The summed E-state index contributed by atoms with van der Waals surface area (Å²) in [6, 6.07) is 18.7. The van der Waals surface area contributed by atoms with Crippen LogP contribution in [0.15, 0.2) is 54.6 Å². The number of carbonyl (C=O) groups excluding carboxylic acids is 1. The summed E-state index contributed by atoms with van der Waals surface area (Å²) < 4.78 is 0. The van der Waals surface area contributed by atoms with Crippen LogP contribution in [0.3, 0.4) is 0 Å². The second-order valence-corrected chi connectivity index (χ2v) is 5.81. The molecule has 1 saturated heterocycles. The molecule has 2 aromatic rings. The third kappa shape index (κ3) is 3.74. The molecule has 2 N–H and O–H groups in total. The van der Waals surface area contributed by atoms with Gasteiger partial charge in [0.15, 0.2) is 0 Å². The average molecular weight is 294 g/mol. The lowest BCUT2D eigenvalue weighted by atomic mass is 9.97. The summed E-state index contributed by atoms with van der Waals surface area (Å²) in [5, 5.41) is 6.35. The van der Waals surface area contributed by atoms with Gasteiger partial charge >= 0.3 is 0 Å². The molecule has 1 aliphatic heterocycles. The molecule has 1 heterocycles. The topological polar surface area (TPSA) is 41.1 Å². The van der Waals surface area contributed by atoms with Gasteiger partial charge in [0.2, 0.25) is 5.91 Å². The number of nitrogens with one attached hydrogen (secondary N) is 2. The number of carbonyl (C=O) groups is 1. The Kier molecular flexibility index (Phi) is 4.86. The predicted molar refractivity (Wildman–Crippen MR) is 89.3 cm³/mol. The van der Waals surface area contributed by atoms with Crippen molar-refractivity contribution in [3.63, 3.8) is 0 Å². The van der Waals surface area contributed by atoms with Crippen LogP contribution in [0.25, 0.3) is 11.1 Å². The van der Waals surface area contributed by atoms with Gasteiger partial charge in [-0.05, 0) is 42.6 Å². The third-order valence-corrected chi connectivity index (χ3v) is 4.24. The Balaban J connectivity index is 1.56. The maximum absolute atomic E-state index is 12.1. The molecule has 0 atom stereocenters. The monoisotopic (exact) mass is 294 g/mol. The highest BCUT2D eigenvalue weighted by molar-refractivity contribution is 5.78. The minimum atomic E-state index is 0.171. The average Bonchev–Trinajstić information content (AvgIpc) is 2.61. The first kappa shape index (κ1) is 14.8. The Hall–Kier alpha value is -2.13. The van der Waals surface area contributed by atoms with Gasteiger partial charge in [0.1, 0.15) is 0 Å². The maximum Gasteiger partial charge on any atom is 0.223 e. The molecule has 3 rings (SSSR count). The Morgan fingerprint density at radius 1 is 0.955 bits per heavy atom. The van der Waals surface area contributed by atoms with Crippen LogP contribution in [0.5, 0.6) is 0 Å². The van der Waals surface area contributed by atoms with Crippen molar-refractivity contribution in [2.45, 2.75) is 19.4 Å². The highest BCUT2D eigenvalue weighted by Crippen LogP contribution is 2.19. The number of hydrogen-bond acceptors (Lipinski definition) is 2. The molecular formula is C19H22N2O. The molecule has 0 aromatic heterocycles. The molecule has 1 amide bonds. The largest absolute Gasteiger partial charge is 0.352 e. The van der Waals surface area contributed by atoms with Crippen molar-refractivity contribution < 1.29 is 4.79 Å². The van der Waals surface area contributed by atoms with Gasteiger partial charge in [-0.15, -0.1) is 0 Å². The second kappa shape index (κ2) is 7.23. The zero-order chi connectivity index (χ0) is 15.2. The molecule has 0 unspecified atom stereocenters. The predicted octanol–water partition coefficient (Wildman–Crippen LogP) is 2.97. The molecule has 0 spiro atoms. The molecule has 3 nitrogen and oxygen atoms in total. The maximum atomic E-state index is 12.1. The molecule has 1 aliphatic rings. The molecule has 0 aliphatic carbocycles. The van der Waals surface area contributed by atoms with Crippen LogP contribution in [0.2, 0.25) is 0 Å². The molecule has 2 aromatic carbocycles. The van der Waals surface area contributed by atoms with Crippen molar-refractivity contribution >= 4 is 5.91 Å². The van der Waals surface area contributed by atoms with Crippen molar-refractivity contribution in [1.29, 1.82) is 0 Å². The van der Waals surface area contributed by atoms with Crippen LogP contribution < -0.4 is 10.6 Å². The van der Waals surface area contributed by atoms with E-state index in [-0.39, 0.29) is 11.8 Å². The highest BCUT2D eigenvalue weighted by atomic mass is 16.1.